The summed E-state index contributed by atoms with van der Waals surface area (Å²) in [6.07, 6.45) is 0.464. The maximum atomic E-state index is 13.5. The van der Waals surface area contributed by atoms with Crippen LogP contribution in [0.25, 0.3) is 10.8 Å². The van der Waals surface area contributed by atoms with E-state index in [0.29, 0.717) is 41.5 Å². The van der Waals surface area contributed by atoms with Gasteiger partial charge in [0.1, 0.15) is 0 Å². The zero-order valence-corrected chi connectivity index (χ0v) is 20.5. The van der Waals surface area contributed by atoms with Gasteiger partial charge in [0, 0.05) is 34.6 Å². The Labute approximate surface area is 205 Å². The van der Waals surface area contributed by atoms with Crippen LogP contribution in [0.2, 0.25) is 0 Å². The number of anilines is 1. The van der Waals surface area contributed by atoms with Gasteiger partial charge in [0.25, 0.3) is 5.91 Å². The van der Waals surface area contributed by atoms with Gasteiger partial charge in [0.2, 0.25) is 10.0 Å². The number of piperidine rings is 1. The lowest BCUT2D eigenvalue weighted by Crippen LogP contribution is -2.52. The molecule has 0 bridgehead atoms. The Morgan fingerprint density at radius 2 is 1.74 bits per heavy atom. The molecule has 0 radical (unpaired) electrons. The summed E-state index contributed by atoms with van der Waals surface area (Å²) >= 11 is 0. The summed E-state index contributed by atoms with van der Waals surface area (Å²) in [5.74, 6) is -1.31. The summed E-state index contributed by atoms with van der Waals surface area (Å²) in [6.45, 7) is 4.75. The van der Waals surface area contributed by atoms with E-state index in [9.17, 15) is 18.0 Å². The van der Waals surface area contributed by atoms with Crippen LogP contribution in [-0.2, 0) is 19.6 Å². The molecule has 1 aliphatic heterocycles. The third kappa shape index (κ3) is 5.37. The third-order valence-corrected chi connectivity index (χ3v) is 7.74. The van der Waals surface area contributed by atoms with Gasteiger partial charge >= 0.3 is 5.97 Å². The van der Waals surface area contributed by atoms with Gasteiger partial charge in [-0.05, 0) is 50.6 Å². The van der Waals surface area contributed by atoms with Gasteiger partial charge in [-0.15, -0.1) is 0 Å². The molecule has 1 heterocycles. The molecule has 0 unspecified atom stereocenters. The highest BCUT2D eigenvalue weighted by Gasteiger charge is 2.35. The van der Waals surface area contributed by atoms with Gasteiger partial charge < -0.3 is 15.4 Å². The van der Waals surface area contributed by atoms with E-state index in [1.807, 2.05) is 19.1 Å². The van der Waals surface area contributed by atoms with Crippen molar-refractivity contribution in [1.29, 1.82) is 0 Å². The molecule has 2 atom stereocenters. The minimum absolute atomic E-state index is 0.0862. The molecular weight excluding hydrogens is 466 g/mol. The summed E-state index contributed by atoms with van der Waals surface area (Å²) in [5.41, 5.74) is 1.90. The highest BCUT2D eigenvalue weighted by Crippen LogP contribution is 2.31. The second-order valence-electron chi connectivity index (χ2n) is 8.51. The number of hydrogen-bond acceptors (Lipinski definition) is 6. The number of rotatable bonds is 7. The first-order chi connectivity index (χ1) is 16.8. The first-order valence-electron chi connectivity index (χ1n) is 11.6. The number of fused-ring (bicyclic) bond motifs is 1. The maximum Gasteiger partial charge on any atom is 0.311 e. The quantitative estimate of drug-likeness (QED) is 0.434. The van der Waals surface area contributed by atoms with Crippen LogP contribution in [0.3, 0.4) is 0 Å². The van der Waals surface area contributed by atoms with Gasteiger partial charge in [-0.1, -0.05) is 42.5 Å². The lowest BCUT2D eigenvalue weighted by atomic mass is 9.94. The summed E-state index contributed by atoms with van der Waals surface area (Å²) < 4.78 is 34.8. The molecule has 8 nitrogen and oxygen atoms in total. The molecule has 3 aromatic carbocycles. The molecular formula is C26H29N3O5S. The Bertz CT molecular complexity index is 1360. The lowest BCUT2D eigenvalue weighted by Gasteiger charge is -2.31. The van der Waals surface area contributed by atoms with Crippen molar-refractivity contribution >= 4 is 38.4 Å². The van der Waals surface area contributed by atoms with Crippen molar-refractivity contribution < 1.29 is 22.7 Å². The molecule has 0 saturated carbocycles. The van der Waals surface area contributed by atoms with Gasteiger partial charge in [-0.2, -0.15) is 0 Å². The van der Waals surface area contributed by atoms with Crippen molar-refractivity contribution in [2.24, 2.45) is 5.92 Å². The van der Waals surface area contributed by atoms with Crippen LogP contribution in [0.5, 0.6) is 0 Å². The van der Waals surface area contributed by atoms with Crippen LogP contribution < -0.4 is 15.4 Å². The Morgan fingerprint density at radius 1 is 1.03 bits per heavy atom. The van der Waals surface area contributed by atoms with E-state index in [0.717, 1.165) is 5.56 Å². The third-order valence-electron chi connectivity index (χ3n) is 6.19. The number of hydrogen-bond donors (Lipinski definition) is 3. The van der Waals surface area contributed by atoms with Crippen LogP contribution in [0, 0.1) is 12.8 Å². The molecule has 1 amide bonds. The molecule has 3 N–H and O–H groups in total. The van der Waals surface area contributed by atoms with Gasteiger partial charge in [0.15, 0.2) is 0 Å². The molecule has 4 rings (SSSR count). The van der Waals surface area contributed by atoms with E-state index in [1.54, 1.807) is 49.4 Å². The van der Waals surface area contributed by atoms with E-state index < -0.39 is 28.0 Å². The fraction of sp³-hybridized carbons (Fsp3) is 0.308. The Balaban J connectivity index is 1.65. The smallest absolute Gasteiger partial charge is 0.311 e. The Kier molecular flexibility index (Phi) is 7.49. The Morgan fingerprint density at radius 3 is 2.49 bits per heavy atom. The average molecular weight is 496 g/mol. The number of ether oxygens (including phenoxy) is 1. The minimum atomic E-state index is -3.97. The topological polar surface area (TPSA) is 114 Å². The minimum Gasteiger partial charge on any atom is -0.466 e. The average Bonchev–Trinajstić information content (AvgIpc) is 2.84. The van der Waals surface area contributed by atoms with E-state index in [1.165, 1.54) is 6.07 Å². The van der Waals surface area contributed by atoms with Crippen molar-refractivity contribution in [3.8, 4) is 0 Å². The van der Waals surface area contributed by atoms with Crippen LogP contribution >= 0.6 is 0 Å². The number of carbonyl (C=O) groups excluding carboxylic acids is 2. The summed E-state index contributed by atoms with van der Waals surface area (Å²) in [7, 11) is -3.97. The fourth-order valence-corrected chi connectivity index (χ4v) is 5.91. The number of nitrogens with one attached hydrogen (secondary N) is 3. The fourth-order valence-electron chi connectivity index (χ4n) is 4.39. The van der Waals surface area contributed by atoms with Crippen LogP contribution in [0.1, 0.15) is 29.3 Å². The first-order valence-corrected chi connectivity index (χ1v) is 13.1. The molecule has 184 valence electrons. The molecule has 1 saturated heterocycles. The van der Waals surface area contributed by atoms with Crippen LogP contribution in [0.15, 0.2) is 65.6 Å². The number of amides is 1. The number of carbonyl (C=O) groups is 2. The largest absolute Gasteiger partial charge is 0.466 e. The molecule has 35 heavy (non-hydrogen) atoms. The molecule has 3 aromatic rings. The van der Waals surface area contributed by atoms with Crippen molar-refractivity contribution in [3.05, 3.63) is 71.8 Å². The maximum absolute atomic E-state index is 13.5. The van der Waals surface area contributed by atoms with Gasteiger partial charge in [0.05, 0.1) is 17.4 Å². The first kappa shape index (κ1) is 24.8. The van der Waals surface area contributed by atoms with Crippen molar-refractivity contribution in [2.45, 2.75) is 31.2 Å². The van der Waals surface area contributed by atoms with E-state index in [2.05, 4.69) is 15.4 Å². The van der Waals surface area contributed by atoms with Gasteiger partial charge in [-0.25, -0.2) is 13.1 Å². The number of benzene rings is 3. The lowest BCUT2D eigenvalue weighted by molar-refractivity contribution is -0.149. The number of sulfonamides is 1. The monoisotopic (exact) mass is 495 g/mol. The van der Waals surface area contributed by atoms with Crippen LogP contribution in [0.4, 0.5) is 5.69 Å². The summed E-state index contributed by atoms with van der Waals surface area (Å²) in [6, 6.07) is 16.8. The van der Waals surface area contributed by atoms with Crippen molar-refractivity contribution in [1.82, 2.24) is 10.0 Å². The highest BCUT2D eigenvalue weighted by atomic mass is 32.2. The molecule has 1 fully saturated rings. The van der Waals surface area contributed by atoms with E-state index in [-0.39, 0.29) is 17.4 Å². The van der Waals surface area contributed by atoms with Gasteiger partial charge in [-0.3, -0.25) is 9.59 Å². The highest BCUT2D eigenvalue weighted by molar-refractivity contribution is 7.89. The predicted molar refractivity (Wildman–Crippen MR) is 135 cm³/mol. The molecule has 0 spiro atoms. The SMILES string of the molecule is CCOC(=O)[C@@H]1CNCC[C@@H]1NS(=O)(=O)c1ccc(NC(=O)c2ccccc2C)c2ccccc12. The zero-order chi connectivity index (χ0) is 25.0. The second-order valence-corrected chi connectivity index (χ2v) is 10.2. The molecule has 0 aliphatic carbocycles. The van der Waals surface area contributed by atoms with Crippen molar-refractivity contribution in [3.63, 3.8) is 0 Å². The Hall–Kier alpha value is -3.27. The molecule has 9 heteroatoms. The summed E-state index contributed by atoms with van der Waals surface area (Å²) in [4.78, 5) is 25.4. The van der Waals surface area contributed by atoms with Crippen molar-refractivity contribution in [2.75, 3.05) is 25.0 Å². The molecule has 0 aromatic heterocycles. The summed E-state index contributed by atoms with van der Waals surface area (Å²) in [5, 5.41) is 7.12. The molecule has 1 aliphatic rings. The predicted octanol–water partition coefficient (Wildman–Crippen LogP) is 3.22. The number of esters is 1. The standard InChI is InChI=1S/C26H29N3O5S/c1-3-34-26(31)21-16-27-15-14-23(21)29-35(32,33)24-13-12-22(19-10-6-7-11-20(19)24)28-25(30)18-9-5-4-8-17(18)2/h4-13,21,23,27,29H,3,14-16H2,1-2H3,(H,28,30)/t21-,23+/m1/s1. The van der Waals surface area contributed by atoms with Crippen LogP contribution in [-0.4, -0.2) is 46.0 Å². The van der Waals surface area contributed by atoms with E-state index >= 15 is 0 Å². The second kappa shape index (κ2) is 10.6. The van der Waals surface area contributed by atoms with E-state index in [4.69, 9.17) is 4.74 Å². The number of aryl methyl sites for hydroxylation is 1. The zero-order valence-electron chi connectivity index (χ0n) is 19.7. The normalized spacial score (nSPS) is 18.2.